The molecule has 1 aromatic rings. The monoisotopic (exact) mass is 274 g/mol. The molecule has 0 bridgehead atoms. The number of rotatable bonds is 5. The molecule has 0 saturated heterocycles. The Morgan fingerprint density at radius 2 is 2.35 bits per heavy atom. The normalized spacial score (nSPS) is 10.5. The highest BCUT2D eigenvalue weighted by Crippen LogP contribution is 2.18. The highest BCUT2D eigenvalue weighted by Gasteiger charge is 2.01. The minimum absolute atomic E-state index is 0.237. The Morgan fingerprint density at radius 3 is 3.00 bits per heavy atom. The molecule has 4 nitrogen and oxygen atoms in total. The van der Waals surface area contributed by atoms with Gasteiger partial charge in [-0.15, -0.1) is 0 Å². The number of hydrogen-bond acceptors (Lipinski definition) is 4. The van der Waals surface area contributed by atoms with Crippen molar-refractivity contribution < 1.29 is 14.4 Å². The van der Waals surface area contributed by atoms with E-state index in [4.69, 9.17) is 28.0 Å². The summed E-state index contributed by atoms with van der Waals surface area (Å²) in [6, 6.07) is 5.86. The first kappa shape index (κ1) is 13.8. The van der Waals surface area contributed by atoms with Gasteiger partial charge in [0, 0.05) is 16.7 Å². The fourth-order valence-electron chi connectivity index (χ4n) is 0.938. The Labute approximate surface area is 109 Å². The standard InChI is InChI=1S/C11H10Cl2NO3/c1-2-16-11(15)7-17-14-6-8-3-4-9(12)5-10(8)13/h3,5-6H,2,7H2,1H3. The zero-order chi connectivity index (χ0) is 12.7. The van der Waals surface area contributed by atoms with Crippen LogP contribution in [-0.4, -0.2) is 25.4 Å². The van der Waals surface area contributed by atoms with Gasteiger partial charge in [0.15, 0.2) is 0 Å². The van der Waals surface area contributed by atoms with Gasteiger partial charge in [0.2, 0.25) is 6.61 Å². The highest BCUT2D eigenvalue weighted by atomic mass is 35.5. The van der Waals surface area contributed by atoms with E-state index in [0.717, 1.165) is 0 Å². The third-order valence-electron chi connectivity index (χ3n) is 1.65. The summed E-state index contributed by atoms with van der Waals surface area (Å²) >= 11 is 11.6. The van der Waals surface area contributed by atoms with E-state index in [9.17, 15) is 4.79 Å². The Kier molecular flexibility index (Phi) is 5.80. The molecule has 0 N–H and O–H groups in total. The zero-order valence-electron chi connectivity index (χ0n) is 9.07. The van der Waals surface area contributed by atoms with E-state index < -0.39 is 5.97 Å². The Morgan fingerprint density at radius 1 is 1.59 bits per heavy atom. The minimum atomic E-state index is -0.474. The molecule has 0 amide bonds. The summed E-state index contributed by atoms with van der Waals surface area (Å²) in [5.41, 5.74) is 0.597. The number of oxime groups is 1. The van der Waals surface area contributed by atoms with Crippen LogP contribution in [0.15, 0.2) is 17.3 Å². The molecule has 1 radical (unpaired) electrons. The van der Waals surface area contributed by atoms with Gasteiger partial charge >= 0.3 is 5.97 Å². The van der Waals surface area contributed by atoms with Crippen LogP contribution in [0.1, 0.15) is 12.5 Å². The van der Waals surface area contributed by atoms with Crippen LogP contribution in [0.3, 0.4) is 0 Å². The van der Waals surface area contributed by atoms with E-state index in [-0.39, 0.29) is 6.61 Å². The number of nitrogens with zero attached hydrogens (tertiary/aromatic N) is 1. The van der Waals surface area contributed by atoms with E-state index in [1.54, 1.807) is 13.0 Å². The number of carbonyl (C=O) groups excluding carboxylic acids is 1. The summed E-state index contributed by atoms with van der Waals surface area (Å²) in [5.74, 6) is -0.474. The molecular weight excluding hydrogens is 265 g/mol. The fraction of sp³-hybridized carbons (Fsp3) is 0.273. The smallest absolute Gasteiger partial charge is 0.347 e. The van der Waals surface area contributed by atoms with Gasteiger partial charge in [-0.1, -0.05) is 28.4 Å². The molecule has 0 fully saturated rings. The molecule has 0 aromatic heterocycles. The van der Waals surface area contributed by atoms with Gasteiger partial charge in [0.1, 0.15) is 0 Å². The van der Waals surface area contributed by atoms with Crippen LogP contribution in [0.25, 0.3) is 0 Å². The maximum atomic E-state index is 10.9. The third kappa shape index (κ3) is 5.06. The molecule has 1 rings (SSSR count). The van der Waals surface area contributed by atoms with Crippen molar-refractivity contribution in [2.45, 2.75) is 6.92 Å². The number of hydrogen-bond donors (Lipinski definition) is 0. The van der Waals surface area contributed by atoms with Crippen molar-refractivity contribution in [3.8, 4) is 0 Å². The molecule has 0 aliphatic carbocycles. The van der Waals surface area contributed by atoms with Crippen molar-refractivity contribution >= 4 is 35.4 Å². The number of esters is 1. The SMILES string of the molecule is CCOC(=O)CON=Cc1c[c]c(Cl)cc1Cl. The first-order valence-electron chi connectivity index (χ1n) is 4.81. The lowest BCUT2D eigenvalue weighted by atomic mass is 10.2. The molecule has 0 unspecified atom stereocenters. The van der Waals surface area contributed by atoms with Gasteiger partial charge in [-0.2, -0.15) is 0 Å². The largest absolute Gasteiger partial charge is 0.463 e. The second kappa shape index (κ2) is 7.14. The van der Waals surface area contributed by atoms with E-state index in [0.29, 0.717) is 22.2 Å². The molecular formula is C11H10Cl2NO3. The number of benzene rings is 1. The van der Waals surface area contributed by atoms with Gasteiger partial charge in [0.25, 0.3) is 0 Å². The summed E-state index contributed by atoms with van der Waals surface area (Å²) in [6.07, 6.45) is 1.37. The summed E-state index contributed by atoms with van der Waals surface area (Å²) in [6.45, 7) is 1.79. The van der Waals surface area contributed by atoms with E-state index in [1.807, 2.05) is 0 Å². The van der Waals surface area contributed by atoms with Crippen LogP contribution in [0, 0.1) is 6.07 Å². The number of halogens is 2. The zero-order valence-corrected chi connectivity index (χ0v) is 10.6. The fourth-order valence-corrected chi connectivity index (χ4v) is 1.37. The van der Waals surface area contributed by atoms with Gasteiger partial charge in [-0.25, -0.2) is 4.79 Å². The molecule has 6 heteroatoms. The van der Waals surface area contributed by atoms with Crippen LogP contribution in [-0.2, 0) is 14.4 Å². The van der Waals surface area contributed by atoms with E-state index in [2.05, 4.69) is 16.0 Å². The lowest BCUT2D eigenvalue weighted by Gasteiger charge is -2.00. The van der Waals surface area contributed by atoms with Crippen molar-refractivity contribution in [2.24, 2.45) is 5.16 Å². The summed E-state index contributed by atoms with van der Waals surface area (Å²) < 4.78 is 4.65. The lowest BCUT2D eigenvalue weighted by Crippen LogP contribution is -2.10. The predicted molar refractivity (Wildman–Crippen MR) is 65.5 cm³/mol. The van der Waals surface area contributed by atoms with Gasteiger partial charge < -0.3 is 9.57 Å². The second-order valence-corrected chi connectivity index (χ2v) is 3.71. The molecule has 0 heterocycles. The molecule has 1 aromatic carbocycles. The Bertz CT molecular complexity index is 421. The minimum Gasteiger partial charge on any atom is -0.463 e. The summed E-state index contributed by atoms with van der Waals surface area (Å²) in [7, 11) is 0. The Hall–Kier alpha value is -1.26. The van der Waals surface area contributed by atoms with Crippen molar-refractivity contribution in [2.75, 3.05) is 13.2 Å². The molecule has 0 saturated carbocycles. The Balaban J connectivity index is 2.45. The molecule has 0 spiro atoms. The van der Waals surface area contributed by atoms with Crippen LogP contribution in [0.4, 0.5) is 0 Å². The molecule has 0 aliphatic heterocycles. The first-order chi connectivity index (χ1) is 8.13. The van der Waals surface area contributed by atoms with Gasteiger partial charge in [0.05, 0.1) is 17.8 Å². The first-order valence-corrected chi connectivity index (χ1v) is 5.56. The lowest BCUT2D eigenvalue weighted by molar-refractivity contribution is -0.148. The van der Waals surface area contributed by atoms with Gasteiger partial charge in [-0.05, 0) is 19.1 Å². The average Bonchev–Trinajstić information content (AvgIpc) is 2.27. The van der Waals surface area contributed by atoms with Crippen LogP contribution in [0.5, 0.6) is 0 Å². The maximum absolute atomic E-state index is 10.9. The molecule has 91 valence electrons. The maximum Gasteiger partial charge on any atom is 0.347 e. The topological polar surface area (TPSA) is 47.9 Å². The van der Waals surface area contributed by atoms with Crippen molar-refractivity contribution in [3.63, 3.8) is 0 Å². The van der Waals surface area contributed by atoms with E-state index >= 15 is 0 Å². The average molecular weight is 275 g/mol. The van der Waals surface area contributed by atoms with Crippen molar-refractivity contribution in [1.29, 1.82) is 0 Å². The summed E-state index contributed by atoms with van der Waals surface area (Å²) in [5, 5.41) is 4.43. The molecule has 17 heavy (non-hydrogen) atoms. The number of ether oxygens (including phenoxy) is 1. The predicted octanol–water partition coefficient (Wildman–Crippen LogP) is 2.71. The number of carbonyl (C=O) groups is 1. The third-order valence-corrected chi connectivity index (χ3v) is 2.19. The van der Waals surface area contributed by atoms with Crippen LogP contribution >= 0.6 is 23.2 Å². The van der Waals surface area contributed by atoms with E-state index in [1.165, 1.54) is 12.3 Å². The van der Waals surface area contributed by atoms with Crippen LogP contribution < -0.4 is 0 Å². The molecule has 0 aliphatic rings. The molecule has 0 atom stereocenters. The van der Waals surface area contributed by atoms with Crippen molar-refractivity contribution in [3.05, 3.63) is 33.8 Å². The van der Waals surface area contributed by atoms with Gasteiger partial charge in [-0.3, -0.25) is 0 Å². The van der Waals surface area contributed by atoms with Crippen LogP contribution in [0.2, 0.25) is 10.0 Å². The quantitative estimate of drug-likeness (QED) is 0.471. The summed E-state index contributed by atoms with van der Waals surface area (Å²) in [4.78, 5) is 15.6. The highest BCUT2D eigenvalue weighted by molar-refractivity contribution is 6.36. The second-order valence-electron chi connectivity index (χ2n) is 2.90. The van der Waals surface area contributed by atoms with Crippen molar-refractivity contribution in [1.82, 2.24) is 0 Å².